The summed E-state index contributed by atoms with van der Waals surface area (Å²) in [5, 5.41) is 0. The lowest BCUT2D eigenvalue weighted by Crippen LogP contribution is -2.46. The molecule has 1 aliphatic heterocycles. The van der Waals surface area contributed by atoms with Crippen molar-refractivity contribution in [3.8, 4) is 0 Å². The Hall–Kier alpha value is -2.01. The molecule has 2 N–H and O–H groups in total. The van der Waals surface area contributed by atoms with Crippen LogP contribution in [0.3, 0.4) is 0 Å². The summed E-state index contributed by atoms with van der Waals surface area (Å²) >= 11 is 0. The molecule has 3 aliphatic rings. The lowest BCUT2D eigenvalue weighted by molar-refractivity contribution is -0.125. The van der Waals surface area contributed by atoms with E-state index in [2.05, 4.69) is 6.07 Å². The van der Waals surface area contributed by atoms with Gasteiger partial charge in [0, 0.05) is 23.1 Å². The van der Waals surface area contributed by atoms with E-state index in [1.807, 2.05) is 19.1 Å². The van der Waals surface area contributed by atoms with Crippen molar-refractivity contribution in [2.45, 2.75) is 77.3 Å². The Morgan fingerprint density at radius 3 is 2.41 bits per heavy atom. The molecular weight excluding hydrogens is 362 g/mol. The van der Waals surface area contributed by atoms with Gasteiger partial charge in [-0.3, -0.25) is 14.6 Å². The van der Waals surface area contributed by atoms with Crippen LogP contribution in [0.4, 0.5) is 5.69 Å². The van der Waals surface area contributed by atoms with Crippen molar-refractivity contribution < 1.29 is 9.59 Å². The highest BCUT2D eigenvalue weighted by molar-refractivity contribution is 6.15. The normalized spacial score (nSPS) is 24.1. The minimum absolute atomic E-state index is 0.0715. The molecule has 1 atom stereocenters. The maximum absolute atomic E-state index is 13.2. The van der Waals surface area contributed by atoms with Gasteiger partial charge in [-0.05, 0) is 38.2 Å². The first-order valence-electron chi connectivity index (χ1n) is 11.3. The number of Topliss-reactive ketones (excluding diaryl/α,β-unsaturated/α-hetero) is 1. The minimum Gasteiger partial charge on any atom is -0.302 e. The van der Waals surface area contributed by atoms with Gasteiger partial charge >= 0.3 is 0 Å². The van der Waals surface area contributed by atoms with Crippen molar-refractivity contribution in [1.29, 1.82) is 0 Å². The molecule has 1 heterocycles. The summed E-state index contributed by atoms with van der Waals surface area (Å²) in [6.45, 7) is 2.13. The molecule has 0 spiro atoms. The van der Waals surface area contributed by atoms with Gasteiger partial charge in [-0.25, -0.2) is 0 Å². The van der Waals surface area contributed by atoms with Crippen LogP contribution in [0.1, 0.15) is 75.3 Å². The Morgan fingerprint density at radius 2 is 1.72 bits per heavy atom. The molecule has 0 unspecified atom stereocenters. The Bertz CT molecular complexity index is 804. The van der Waals surface area contributed by atoms with Gasteiger partial charge < -0.3 is 10.6 Å². The van der Waals surface area contributed by atoms with E-state index >= 15 is 0 Å². The summed E-state index contributed by atoms with van der Waals surface area (Å²) in [5.74, 6) is 0.329. The van der Waals surface area contributed by atoms with Crippen molar-refractivity contribution in [2.75, 3.05) is 11.4 Å². The number of carbonyl (C=O) groups excluding carboxylic acids is 2. The standard InChI is InChI=1S/C24H33N3O2/c1-16-9-8-14-19-21(18-12-6-3-7-13-18)26-23(25)24(29)27(22(16)19)15-20(28)17-10-4-2-5-11-17/h8-9,14,17-18,23H,2-7,10-13,15,25H2,1H3/t23-/m0/s1. The molecule has 0 aromatic heterocycles. The van der Waals surface area contributed by atoms with E-state index in [4.69, 9.17) is 10.7 Å². The number of hydrogen-bond acceptors (Lipinski definition) is 4. The quantitative estimate of drug-likeness (QED) is 0.832. The van der Waals surface area contributed by atoms with Crippen molar-refractivity contribution >= 4 is 23.1 Å². The van der Waals surface area contributed by atoms with Crippen LogP contribution in [0, 0.1) is 18.8 Å². The highest BCUT2D eigenvalue weighted by Crippen LogP contribution is 2.36. The third-order valence-corrected chi connectivity index (χ3v) is 6.95. The van der Waals surface area contributed by atoms with Crippen LogP contribution >= 0.6 is 0 Å². The fourth-order valence-corrected chi connectivity index (χ4v) is 5.34. The second-order valence-electron chi connectivity index (χ2n) is 8.99. The number of nitrogens with zero attached hydrogens (tertiary/aromatic N) is 2. The number of benzene rings is 1. The van der Waals surface area contributed by atoms with Crippen LogP contribution < -0.4 is 10.6 Å². The first-order valence-corrected chi connectivity index (χ1v) is 11.3. The van der Waals surface area contributed by atoms with E-state index in [1.54, 1.807) is 4.90 Å². The number of carbonyl (C=O) groups is 2. The van der Waals surface area contributed by atoms with E-state index in [0.717, 1.165) is 61.1 Å². The zero-order chi connectivity index (χ0) is 20.4. The van der Waals surface area contributed by atoms with Crippen LogP contribution in [0.15, 0.2) is 23.2 Å². The van der Waals surface area contributed by atoms with Gasteiger partial charge in [0.25, 0.3) is 5.91 Å². The predicted molar refractivity (Wildman–Crippen MR) is 116 cm³/mol. The SMILES string of the molecule is Cc1cccc2c1N(CC(=O)C1CCCCC1)C(=O)[C@@H](N)N=C2C1CCCCC1. The third-order valence-electron chi connectivity index (χ3n) is 6.95. The van der Waals surface area contributed by atoms with Crippen LogP contribution in [-0.2, 0) is 9.59 Å². The van der Waals surface area contributed by atoms with Crippen molar-refractivity contribution in [3.05, 3.63) is 29.3 Å². The lowest BCUT2D eigenvalue weighted by atomic mass is 9.82. The molecule has 2 saturated carbocycles. The van der Waals surface area contributed by atoms with Crippen molar-refractivity contribution in [3.63, 3.8) is 0 Å². The van der Waals surface area contributed by atoms with Crippen LogP contribution in [0.25, 0.3) is 0 Å². The Balaban J connectivity index is 1.70. The molecule has 2 aliphatic carbocycles. The lowest BCUT2D eigenvalue weighted by Gasteiger charge is -2.29. The number of aryl methyl sites for hydroxylation is 1. The molecule has 5 heteroatoms. The molecule has 156 valence electrons. The molecule has 0 bridgehead atoms. The largest absolute Gasteiger partial charge is 0.302 e. The first kappa shape index (κ1) is 20.3. The number of ketones is 1. The highest BCUT2D eigenvalue weighted by atomic mass is 16.2. The van der Waals surface area contributed by atoms with Gasteiger partial charge in [0.2, 0.25) is 0 Å². The number of nitrogens with two attached hydrogens (primary N) is 1. The summed E-state index contributed by atoms with van der Waals surface area (Å²) in [7, 11) is 0. The maximum atomic E-state index is 13.2. The minimum atomic E-state index is -0.933. The molecular formula is C24H33N3O2. The number of amides is 1. The van der Waals surface area contributed by atoms with Gasteiger partial charge in [0.05, 0.1) is 12.2 Å². The molecule has 1 aromatic rings. The number of rotatable bonds is 4. The van der Waals surface area contributed by atoms with Gasteiger partial charge in [0.15, 0.2) is 11.9 Å². The summed E-state index contributed by atoms with van der Waals surface area (Å²) in [4.78, 5) is 32.7. The smallest absolute Gasteiger partial charge is 0.266 e. The number of aliphatic imine (C=N–C) groups is 1. The third kappa shape index (κ3) is 4.16. The Morgan fingerprint density at radius 1 is 1.07 bits per heavy atom. The molecule has 4 rings (SSSR count). The molecule has 29 heavy (non-hydrogen) atoms. The topological polar surface area (TPSA) is 75.8 Å². The van der Waals surface area contributed by atoms with Crippen LogP contribution in [0.5, 0.6) is 0 Å². The Kier molecular flexibility index (Phi) is 6.14. The monoisotopic (exact) mass is 395 g/mol. The average molecular weight is 396 g/mol. The van der Waals surface area contributed by atoms with E-state index in [0.29, 0.717) is 5.92 Å². The zero-order valence-electron chi connectivity index (χ0n) is 17.5. The molecule has 1 amide bonds. The summed E-state index contributed by atoms with van der Waals surface area (Å²) in [6.07, 6.45) is 10.2. The van der Waals surface area contributed by atoms with Crippen molar-refractivity contribution in [1.82, 2.24) is 0 Å². The number of fused-ring (bicyclic) bond motifs is 1. The van der Waals surface area contributed by atoms with Crippen LogP contribution in [-0.4, -0.2) is 30.1 Å². The number of hydrogen-bond donors (Lipinski definition) is 1. The average Bonchev–Trinajstić information content (AvgIpc) is 2.86. The maximum Gasteiger partial charge on any atom is 0.266 e. The summed E-state index contributed by atoms with van der Waals surface area (Å²) < 4.78 is 0. The number of benzodiazepines with no additional fused rings is 1. The second-order valence-corrected chi connectivity index (χ2v) is 8.99. The molecule has 5 nitrogen and oxygen atoms in total. The summed E-state index contributed by atoms with van der Waals surface area (Å²) in [5.41, 5.74) is 10.1. The van der Waals surface area contributed by atoms with Crippen LogP contribution in [0.2, 0.25) is 0 Å². The summed E-state index contributed by atoms with van der Waals surface area (Å²) in [6, 6.07) is 6.09. The number of para-hydroxylation sites is 1. The van der Waals surface area contributed by atoms with Crippen molar-refractivity contribution in [2.24, 2.45) is 22.6 Å². The fraction of sp³-hybridized carbons (Fsp3) is 0.625. The van der Waals surface area contributed by atoms with Gasteiger partial charge in [-0.1, -0.05) is 56.7 Å². The predicted octanol–water partition coefficient (Wildman–Crippen LogP) is 4.15. The molecule has 0 radical (unpaired) electrons. The van der Waals surface area contributed by atoms with E-state index in [-0.39, 0.29) is 24.2 Å². The van der Waals surface area contributed by atoms with Gasteiger partial charge in [-0.2, -0.15) is 0 Å². The van der Waals surface area contributed by atoms with Gasteiger partial charge in [-0.15, -0.1) is 0 Å². The molecule has 2 fully saturated rings. The Labute approximate surface area is 173 Å². The van der Waals surface area contributed by atoms with E-state index in [1.165, 1.54) is 25.7 Å². The second kappa shape index (κ2) is 8.78. The fourth-order valence-electron chi connectivity index (χ4n) is 5.34. The zero-order valence-corrected chi connectivity index (χ0v) is 17.5. The number of anilines is 1. The van der Waals surface area contributed by atoms with Gasteiger partial charge in [0.1, 0.15) is 0 Å². The molecule has 1 aromatic carbocycles. The van der Waals surface area contributed by atoms with E-state index in [9.17, 15) is 9.59 Å². The first-order chi connectivity index (χ1) is 14.1. The highest BCUT2D eigenvalue weighted by Gasteiger charge is 2.35. The molecule has 0 saturated heterocycles. The van der Waals surface area contributed by atoms with E-state index < -0.39 is 6.17 Å².